The summed E-state index contributed by atoms with van der Waals surface area (Å²) in [5.41, 5.74) is 2.01. The molecule has 176 valence electrons. The monoisotopic (exact) mass is 463 g/mol. The molecule has 8 heteroatoms. The number of rotatable bonds is 6. The van der Waals surface area contributed by atoms with Crippen LogP contribution in [-0.4, -0.2) is 52.0 Å². The van der Waals surface area contributed by atoms with E-state index in [-0.39, 0.29) is 47.9 Å². The summed E-state index contributed by atoms with van der Waals surface area (Å²) in [7, 11) is 0. The highest BCUT2D eigenvalue weighted by molar-refractivity contribution is 5.99. The highest BCUT2D eigenvalue weighted by Gasteiger charge is 2.45. The minimum atomic E-state index is -1.38. The van der Waals surface area contributed by atoms with Crippen molar-refractivity contribution in [3.8, 4) is 0 Å². The van der Waals surface area contributed by atoms with Crippen molar-refractivity contribution < 1.29 is 23.8 Å². The van der Waals surface area contributed by atoms with Crippen LogP contribution in [0.4, 0.5) is 4.39 Å². The number of halogens is 1. The zero-order valence-corrected chi connectivity index (χ0v) is 18.6. The molecule has 3 heterocycles. The highest BCUT2D eigenvalue weighted by Crippen LogP contribution is 2.35. The normalized spacial score (nSPS) is 21.7. The van der Waals surface area contributed by atoms with E-state index in [1.165, 1.54) is 12.1 Å². The molecule has 2 atom stereocenters. The summed E-state index contributed by atoms with van der Waals surface area (Å²) in [6.45, 7) is 1.55. The Morgan fingerprint density at radius 3 is 2.65 bits per heavy atom. The molecule has 3 aliphatic rings. The fraction of sp³-hybridized carbons (Fsp3) is 0.308. The van der Waals surface area contributed by atoms with Gasteiger partial charge in [0.25, 0.3) is 11.8 Å². The van der Waals surface area contributed by atoms with Crippen LogP contribution in [0.2, 0.25) is 0 Å². The van der Waals surface area contributed by atoms with Gasteiger partial charge in [-0.05, 0) is 36.1 Å². The molecule has 0 aliphatic carbocycles. The quantitative estimate of drug-likeness (QED) is 0.688. The first-order valence-corrected chi connectivity index (χ1v) is 11.4. The minimum absolute atomic E-state index is 0.0710. The number of fused-ring (bicyclic) bond motifs is 2. The van der Waals surface area contributed by atoms with Crippen molar-refractivity contribution in [3.63, 3.8) is 0 Å². The Morgan fingerprint density at radius 2 is 1.88 bits per heavy atom. The van der Waals surface area contributed by atoms with Crippen molar-refractivity contribution in [2.75, 3.05) is 13.1 Å². The van der Waals surface area contributed by atoms with Crippen molar-refractivity contribution in [1.82, 2.24) is 15.1 Å². The molecule has 2 amide bonds. The third-order valence-electron chi connectivity index (χ3n) is 6.47. The maximum Gasteiger partial charge on any atom is 0.274 e. The molecule has 0 aromatic heterocycles. The number of amides is 2. The Balaban J connectivity index is 1.40. The number of aliphatic hydroxyl groups excluding tert-OH is 1. The van der Waals surface area contributed by atoms with Gasteiger partial charge in [-0.25, -0.2) is 4.39 Å². The Hall–Kier alpha value is -3.65. The van der Waals surface area contributed by atoms with Gasteiger partial charge in [-0.3, -0.25) is 9.59 Å². The summed E-state index contributed by atoms with van der Waals surface area (Å²) in [6, 6.07) is 15.4. The third-order valence-corrected chi connectivity index (χ3v) is 6.47. The van der Waals surface area contributed by atoms with Crippen molar-refractivity contribution in [3.05, 3.63) is 94.8 Å². The first-order chi connectivity index (χ1) is 16.5. The molecule has 7 nitrogen and oxygen atoms in total. The molecule has 5 rings (SSSR count). The van der Waals surface area contributed by atoms with Crippen LogP contribution in [0.15, 0.2) is 77.8 Å². The molecule has 0 radical (unpaired) electrons. The summed E-state index contributed by atoms with van der Waals surface area (Å²) in [6.07, 6.45) is 2.00. The van der Waals surface area contributed by atoms with E-state index in [1.807, 2.05) is 35.2 Å². The summed E-state index contributed by atoms with van der Waals surface area (Å²) in [4.78, 5) is 29.9. The Bertz CT molecular complexity index is 1150. The van der Waals surface area contributed by atoms with Crippen LogP contribution < -0.4 is 5.32 Å². The summed E-state index contributed by atoms with van der Waals surface area (Å²) in [5.74, 6) is -0.918. The van der Waals surface area contributed by atoms with Crippen molar-refractivity contribution in [2.24, 2.45) is 0 Å². The van der Waals surface area contributed by atoms with Crippen molar-refractivity contribution in [2.45, 2.75) is 38.1 Å². The van der Waals surface area contributed by atoms with E-state index >= 15 is 0 Å². The van der Waals surface area contributed by atoms with E-state index in [0.717, 1.165) is 24.0 Å². The topological polar surface area (TPSA) is 82.1 Å². The van der Waals surface area contributed by atoms with E-state index in [4.69, 9.17) is 4.74 Å². The van der Waals surface area contributed by atoms with Crippen LogP contribution in [0.3, 0.4) is 0 Å². The number of ether oxygens (including phenoxy) is 1. The van der Waals surface area contributed by atoms with Crippen LogP contribution in [-0.2, 0) is 27.5 Å². The fourth-order valence-electron chi connectivity index (χ4n) is 4.70. The number of piperazine rings is 1. The average Bonchev–Trinajstić information content (AvgIpc) is 3.32. The highest BCUT2D eigenvalue weighted by atomic mass is 19.1. The van der Waals surface area contributed by atoms with Gasteiger partial charge >= 0.3 is 0 Å². The molecule has 2 N–H and O–H groups in total. The molecule has 2 fully saturated rings. The average molecular weight is 464 g/mol. The number of benzene rings is 2. The van der Waals surface area contributed by atoms with Crippen LogP contribution >= 0.6 is 0 Å². The molecule has 2 aromatic carbocycles. The molecule has 0 spiro atoms. The minimum Gasteiger partial charge on any atom is -0.488 e. The summed E-state index contributed by atoms with van der Waals surface area (Å²) < 4.78 is 19.2. The second-order valence-corrected chi connectivity index (χ2v) is 8.73. The number of hydrogen-bond acceptors (Lipinski definition) is 5. The predicted molar refractivity (Wildman–Crippen MR) is 122 cm³/mol. The number of aliphatic hydroxyl groups is 1. The van der Waals surface area contributed by atoms with Gasteiger partial charge in [-0.1, -0.05) is 42.5 Å². The standard InChI is InChI=1S/C26H26FN3O4/c27-19-10-8-17(9-11-19)13-28-25(32)21-15-29-14-20-7-4-12-30(20)26(33)22(29)24(23(21)31)34-16-18-5-2-1-3-6-18/h1-3,5-6,8-11,15,20,23,31H,4,7,12-14,16H2,(H,28,32)/t20-,23?/m1/s1. The molecule has 2 saturated heterocycles. The second kappa shape index (κ2) is 9.30. The number of nitrogens with zero attached hydrogens (tertiary/aromatic N) is 2. The number of carbonyl (C=O) groups excluding carboxylic acids is 2. The molecular weight excluding hydrogens is 437 g/mol. The number of hydrogen-bond donors (Lipinski definition) is 2. The molecular formula is C26H26FN3O4. The maximum absolute atomic E-state index is 13.3. The SMILES string of the molecule is O=C(NCc1ccc(F)cc1)C1=CN2C[C@H]3CCCN3C(=O)C2=C(OCc2ccccc2)C1O. The van der Waals surface area contributed by atoms with Gasteiger partial charge < -0.3 is 25.0 Å². The van der Waals surface area contributed by atoms with E-state index in [2.05, 4.69) is 5.32 Å². The van der Waals surface area contributed by atoms with Gasteiger partial charge in [-0.2, -0.15) is 0 Å². The van der Waals surface area contributed by atoms with Gasteiger partial charge in [0, 0.05) is 25.8 Å². The summed E-state index contributed by atoms with van der Waals surface area (Å²) >= 11 is 0. The van der Waals surface area contributed by atoms with Gasteiger partial charge in [0.2, 0.25) is 0 Å². The smallest absolute Gasteiger partial charge is 0.274 e. The Kier molecular flexibility index (Phi) is 6.06. The predicted octanol–water partition coefficient (Wildman–Crippen LogP) is 2.44. The van der Waals surface area contributed by atoms with E-state index in [0.29, 0.717) is 13.1 Å². The summed E-state index contributed by atoms with van der Waals surface area (Å²) in [5, 5.41) is 13.9. The molecule has 0 bridgehead atoms. The Morgan fingerprint density at radius 1 is 1.12 bits per heavy atom. The molecule has 1 unspecified atom stereocenters. The lowest BCUT2D eigenvalue weighted by Gasteiger charge is -2.42. The van der Waals surface area contributed by atoms with Gasteiger partial charge in [-0.15, -0.1) is 0 Å². The van der Waals surface area contributed by atoms with E-state index in [1.54, 1.807) is 23.2 Å². The van der Waals surface area contributed by atoms with Gasteiger partial charge in [0.15, 0.2) is 5.76 Å². The number of carbonyl (C=O) groups is 2. The lowest BCUT2D eigenvalue weighted by Crippen LogP contribution is -2.53. The fourth-order valence-corrected chi connectivity index (χ4v) is 4.70. The number of nitrogens with one attached hydrogen (secondary N) is 1. The third kappa shape index (κ3) is 4.28. The lowest BCUT2D eigenvalue weighted by molar-refractivity contribution is -0.133. The lowest BCUT2D eigenvalue weighted by atomic mass is 9.98. The molecule has 3 aliphatic heterocycles. The molecule has 2 aromatic rings. The van der Waals surface area contributed by atoms with Crippen LogP contribution in [0.25, 0.3) is 0 Å². The first-order valence-electron chi connectivity index (χ1n) is 11.4. The van der Waals surface area contributed by atoms with Gasteiger partial charge in [0.05, 0.1) is 11.6 Å². The molecule has 0 saturated carbocycles. The largest absolute Gasteiger partial charge is 0.488 e. The van der Waals surface area contributed by atoms with Gasteiger partial charge in [0.1, 0.15) is 24.2 Å². The zero-order valence-electron chi connectivity index (χ0n) is 18.6. The van der Waals surface area contributed by atoms with Crippen LogP contribution in [0, 0.1) is 5.82 Å². The first kappa shape index (κ1) is 22.2. The van der Waals surface area contributed by atoms with E-state index in [9.17, 15) is 19.1 Å². The van der Waals surface area contributed by atoms with Crippen molar-refractivity contribution in [1.29, 1.82) is 0 Å². The maximum atomic E-state index is 13.3. The molecule has 34 heavy (non-hydrogen) atoms. The zero-order chi connectivity index (χ0) is 23.7. The van der Waals surface area contributed by atoms with Crippen LogP contribution in [0.5, 0.6) is 0 Å². The van der Waals surface area contributed by atoms with Crippen molar-refractivity contribution >= 4 is 11.8 Å². The van der Waals surface area contributed by atoms with Crippen LogP contribution in [0.1, 0.15) is 24.0 Å². The van der Waals surface area contributed by atoms with E-state index < -0.39 is 12.0 Å². The second-order valence-electron chi connectivity index (χ2n) is 8.73. The Labute approximate surface area is 197 Å².